The minimum Gasteiger partial charge on any atom is -0.395 e. The predicted molar refractivity (Wildman–Crippen MR) is 70.8 cm³/mol. The van der Waals surface area contributed by atoms with E-state index < -0.39 is 24.9 Å². The molecule has 0 aliphatic carbocycles. The van der Waals surface area contributed by atoms with Gasteiger partial charge in [-0.2, -0.15) is 13.2 Å². The van der Waals surface area contributed by atoms with Crippen molar-refractivity contribution in [3.05, 3.63) is 40.4 Å². The summed E-state index contributed by atoms with van der Waals surface area (Å²) in [5, 5.41) is 9.22. The lowest BCUT2D eigenvalue weighted by Gasteiger charge is -2.22. The van der Waals surface area contributed by atoms with E-state index in [1.165, 1.54) is 0 Å². The van der Waals surface area contributed by atoms with Crippen LogP contribution >= 0.6 is 0 Å². The Kier molecular flexibility index (Phi) is 4.59. The van der Waals surface area contributed by atoms with E-state index in [0.717, 1.165) is 4.90 Å². The summed E-state index contributed by atoms with van der Waals surface area (Å²) in [6.45, 7) is -1.94. The van der Waals surface area contributed by atoms with Gasteiger partial charge in [0.05, 0.1) is 30.6 Å². The number of hydrogen-bond donors (Lipinski definition) is 2. The fourth-order valence-corrected chi connectivity index (χ4v) is 2.03. The maximum absolute atomic E-state index is 12.4. The second-order valence-electron chi connectivity index (χ2n) is 4.58. The maximum atomic E-state index is 12.4. The summed E-state index contributed by atoms with van der Waals surface area (Å²) in [6, 6.07) is 6.58. The number of benzene rings is 1. The first-order valence-electron chi connectivity index (χ1n) is 6.27. The molecule has 114 valence electrons. The minimum atomic E-state index is -4.38. The molecule has 0 aliphatic heterocycles. The van der Waals surface area contributed by atoms with Gasteiger partial charge in [-0.1, -0.05) is 12.1 Å². The van der Waals surface area contributed by atoms with E-state index in [1.54, 1.807) is 24.3 Å². The van der Waals surface area contributed by atoms with Crippen LogP contribution in [0.4, 0.5) is 13.2 Å². The highest BCUT2D eigenvalue weighted by Gasteiger charge is 2.30. The van der Waals surface area contributed by atoms with Gasteiger partial charge in [-0.25, -0.2) is 4.98 Å². The normalized spacial score (nSPS) is 12.2. The number of aliphatic hydroxyl groups excluding tert-OH is 1. The molecular formula is C13H14F3N3O2. The SMILES string of the molecule is O=c1[nH]c(CN(CCO)CC(F)(F)F)nc2ccccc12. The number of halogens is 3. The largest absolute Gasteiger partial charge is 0.401 e. The molecule has 0 radical (unpaired) electrons. The molecule has 0 saturated carbocycles. The number of nitrogens with zero attached hydrogens (tertiary/aromatic N) is 2. The quantitative estimate of drug-likeness (QED) is 0.873. The number of hydrogen-bond acceptors (Lipinski definition) is 4. The molecule has 0 saturated heterocycles. The van der Waals surface area contributed by atoms with Crippen molar-refractivity contribution in [3.8, 4) is 0 Å². The van der Waals surface area contributed by atoms with Crippen LogP contribution < -0.4 is 5.56 Å². The molecule has 0 amide bonds. The number of H-pyrrole nitrogens is 1. The van der Waals surface area contributed by atoms with E-state index in [4.69, 9.17) is 5.11 Å². The third kappa shape index (κ3) is 4.27. The summed E-state index contributed by atoms with van der Waals surface area (Å²) in [7, 11) is 0. The Morgan fingerprint density at radius 1 is 1.29 bits per heavy atom. The molecule has 1 aromatic carbocycles. The van der Waals surface area contributed by atoms with Crippen LogP contribution in [0.1, 0.15) is 5.82 Å². The molecule has 1 heterocycles. The number of fused-ring (bicyclic) bond motifs is 1. The zero-order chi connectivity index (χ0) is 15.5. The molecule has 0 fully saturated rings. The zero-order valence-electron chi connectivity index (χ0n) is 11.0. The molecule has 0 unspecified atom stereocenters. The van der Waals surface area contributed by atoms with Crippen molar-refractivity contribution >= 4 is 10.9 Å². The number of aromatic amines is 1. The Bertz CT molecular complexity index is 669. The van der Waals surface area contributed by atoms with Crippen LogP contribution in [0.25, 0.3) is 10.9 Å². The number of nitrogens with one attached hydrogen (secondary N) is 1. The van der Waals surface area contributed by atoms with E-state index >= 15 is 0 Å². The summed E-state index contributed by atoms with van der Waals surface area (Å²) in [5.74, 6) is 0.136. The Hall–Kier alpha value is -1.93. The summed E-state index contributed by atoms with van der Waals surface area (Å²) in [4.78, 5) is 19.4. The molecule has 0 aliphatic rings. The lowest BCUT2D eigenvalue weighted by molar-refractivity contribution is -0.148. The van der Waals surface area contributed by atoms with Gasteiger partial charge >= 0.3 is 6.18 Å². The van der Waals surface area contributed by atoms with E-state index in [1.807, 2.05) is 0 Å². The standard InChI is InChI=1S/C13H14F3N3O2/c14-13(15,16)8-19(5-6-20)7-11-17-10-4-2-1-3-9(10)12(21)18-11/h1-4,20H,5-8H2,(H,17,18,21). The second-order valence-corrected chi connectivity index (χ2v) is 4.58. The van der Waals surface area contributed by atoms with E-state index in [0.29, 0.717) is 10.9 Å². The predicted octanol–water partition coefficient (Wildman–Crippen LogP) is 1.28. The molecule has 2 aromatic rings. The van der Waals surface area contributed by atoms with Crippen molar-refractivity contribution in [2.45, 2.75) is 12.7 Å². The number of aliphatic hydroxyl groups is 1. The van der Waals surface area contributed by atoms with Crippen LogP contribution in [0.5, 0.6) is 0 Å². The van der Waals surface area contributed by atoms with E-state index in [-0.39, 0.29) is 18.9 Å². The molecule has 0 atom stereocenters. The Labute approximate surface area is 118 Å². The number of alkyl halides is 3. The average molecular weight is 301 g/mol. The minimum absolute atomic E-state index is 0.136. The van der Waals surface area contributed by atoms with Crippen LogP contribution in [-0.4, -0.2) is 45.8 Å². The average Bonchev–Trinajstić information content (AvgIpc) is 2.37. The highest BCUT2D eigenvalue weighted by Crippen LogP contribution is 2.17. The smallest absolute Gasteiger partial charge is 0.395 e. The third-order valence-electron chi connectivity index (χ3n) is 2.85. The van der Waals surface area contributed by atoms with Crippen molar-refractivity contribution in [1.29, 1.82) is 0 Å². The van der Waals surface area contributed by atoms with Crippen molar-refractivity contribution in [1.82, 2.24) is 14.9 Å². The van der Waals surface area contributed by atoms with Crippen LogP contribution in [0.3, 0.4) is 0 Å². The summed E-state index contributed by atoms with van der Waals surface area (Å²) >= 11 is 0. The zero-order valence-corrected chi connectivity index (χ0v) is 11.0. The molecule has 21 heavy (non-hydrogen) atoms. The van der Waals surface area contributed by atoms with E-state index in [2.05, 4.69) is 9.97 Å². The molecule has 8 heteroatoms. The molecule has 5 nitrogen and oxygen atoms in total. The first kappa shape index (κ1) is 15.5. The topological polar surface area (TPSA) is 69.2 Å². The van der Waals surface area contributed by atoms with Gasteiger partial charge in [0, 0.05) is 6.54 Å². The highest BCUT2D eigenvalue weighted by atomic mass is 19.4. The first-order chi connectivity index (χ1) is 9.89. The van der Waals surface area contributed by atoms with Crippen molar-refractivity contribution < 1.29 is 18.3 Å². The van der Waals surface area contributed by atoms with Gasteiger partial charge in [0.25, 0.3) is 5.56 Å². The summed E-state index contributed by atoms with van der Waals surface area (Å²) in [6.07, 6.45) is -4.38. The van der Waals surface area contributed by atoms with Crippen molar-refractivity contribution in [3.63, 3.8) is 0 Å². The highest BCUT2D eigenvalue weighted by molar-refractivity contribution is 5.77. The van der Waals surface area contributed by atoms with Crippen molar-refractivity contribution in [2.24, 2.45) is 0 Å². The van der Waals surface area contributed by atoms with Gasteiger partial charge in [0.15, 0.2) is 0 Å². The van der Waals surface area contributed by atoms with Gasteiger partial charge in [0.2, 0.25) is 0 Å². The second kappa shape index (κ2) is 6.23. The van der Waals surface area contributed by atoms with Gasteiger partial charge in [-0.05, 0) is 12.1 Å². The van der Waals surface area contributed by atoms with Crippen molar-refractivity contribution in [2.75, 3.05) is 19.7 Å². The fraction of sp³-hybridized carbons (Fsp3) is 0.385. The van der Waals surface area contributed by atoms with Gasteiger partial charge < -0.3 is 10.1 Å². The maximum Gasteiger partial charge on any atom is 0.401 e. The summed E-state index contributed by atoms with van der Waals surface area (Å²) in [5.41, 5.74) is 0.0266. The van der Waals surface area contributed by atoms with Gasteiger partial charge in [0.1, 0.15) is 5.82 Å². The molecule has 2 rings (SSSR count). The van der Waals surface area contributed by atoms with E-state index in [9.17, 15) is 18.0 Å². The molecule has 1 aromatic heterocycles. The third-order valence-corrected chi connectivity index (χ3v) is 2.85. The first-order valence-corrected chi connectivity index (χ1v) is 6.27. The monoisotopic (exact) mass is 301 g/mol. The van der Waals surface area contributed by atoms with Gasteiger partial charge in [-0.15, -0.1) is 0 Å². The number of rotatable bonds is 5. The Morgan fingerprint density at radius 2 is 2.00 bits per heavy atom. The fourth-order valence-electron chi connectivity index (χ4n) is 2.03. The molecule has 0 spiro atoms. The molecule has 2 N–H and O–H groups in total. The summed E-state index contributed by atoms with van der Waals surface area (Å²) < 4.78 is 37.3. The van der Waals surface area contributed by atoms with Gasteiger partial charge in [-0.3, -0.25) is 9.69 Å². The Morgan fingerprint density at radius 3 is 2.67 bits per heavy atom. The molecule has 0 bridgehead atoms. The molecular weight excluding hydrogens is 287 g/mol. The van der Waals surface area contributed by atoms with Crippen LogP contribution in [0.15, 0.2) is 29.1 Å². The number of para-hydroxylation sites is 1. The number of aromatic nitrogens is 2. The van der Waals surface area contributed by atoms with Crippen LogP contribution in [-0.2, 0) is 6.54 Å². The lowest BCUT2D eigenvalue weighted by Crippen LogP contribution is -2.36. The lowest BCUT2D eigenvalue weighted by atomic mass is 10.2. The van der Waals surface area contributed by atoms with Crippen LogP contribution in [0.2, 0.25) is 0 Å². The van der Waals surface area contributed by atoms with Crippen LogP contribution in [0, 0.1) is 0 Å². The Balaban J connectivity index is 2.26.